The molecule has 0 bridgehead atoms. The molecule has 0 fully saturated rings. The Morgan fingerprint density at radius 1 is 1.10 bits per heavy atom. The number of nitrogens with one attached hydrogen (secondary N) is 1. The Kier molecular flexibility index (Phi) is 8.39. The quantitative estimate of drug-likeness (QED) is 0.322. The number of aliphatic hydroxyl groups is 1. The van der Waals surface area contributed by atoms with Crippen LogP contribution in [0, 0.1) is 0 Å². The van der Waals surface area contributed by atoms with Gasteiger partial charge in [-0.15, -0.1) is 6.58 Å². The first-order valence-electron chi connectivity index (χ1n) is 9.21. The standard InChI is InChI=1S/C21H20Cl3NO5/c1-2-16(26)17(25-20(28)29-13-21(22,23)24)19(27)30-18(14-9-5-3-6-10-14)15-11-7-4-8-12-15/h2-12,16-18,26H,1,13H2,(H,25,28)/i26D. The van der Waals surface area contributed by atoms with Crippen molar-refractivity contribution in [3.05, 3.63) is 84.4 Å². The maximum Gasteiger partial charge on any atom is 0.408 e. The second-order valence-electron chi connectivity index (χ2n) is 6.15. The molecular weight excluding hydrogens is 453 g/mol. The van der Waals surface area contributed by atoms with Crippen LogP contribution in [-0.2, 0) is 14.3 Å². The fourth-order valence-corrected chi connectivity index (χ4v) is 2.66. The molecule has 0 spiro atoms. The summed E-state index contributed by atoms with van der Waals surface area (Å²) < 4.78 is 15.9. The second-order valence-corrected chi connectivity index (χ2v) is 8.67. The molecule has 0 aliphatic rings. The van der Waals surface area contributed by atoms with Gasteiger partial charge in [0.05, 0.1) is 0 Å². The van der Waals surface area contributed by atoms with Crippen LogP contribution in [0.4, 0.5) is 4.79 Å². The predicted octanol–water partition coefficient (Wildman–Crippen LogP) is 4.33. The van der Waals surface area contributed by atoms with Gasteiger partial charge in [0.25, 0.3) is 0 Å². The van der Waals surface area contributed by atoms with Gasteiger partial charge in [-0.1, -0.05) is 102 Å². The molecule has 2 rings (SSSR count). The van der Waals surface area contributed by atoms with Crippen molar-refractivity contribution in [1.82, 2.24) is 5.32 Å². The zero-order valence-electron chi connectivity index (χ0n) is 16.7. The van der Waals surface area contributed by atoms with Crippen molar-refractivity contribution in [2.45, 2.75) is 22.0 Å². The van der Waals surface area contributed by atoms with Gasteiger partial charge >= 0.3 is 12.1 Å². The van der Waals surface area contributed by atoms with E-state index in [4.69, 9.17) is 45.7 Å². The van der Waals surface area contributed by atoms with Crippen molar-refractivity contribution < 1.29 is 24.2 Å². The lowest BCUT2D eigenvalue weighted by atomic mass is 10.0. The second kappa shape index (κ2) is 11.2. The predicted molar refractivity (Wildman–Crippen MR) is 116 cm³/mol. The number of rotatable bonds is 9. The molecule has 9 heteroatoms. The SMILES string of the molecule is [2H]OC(C=C)C(NC(=O)OCC(Cl)(Cl)Cl)C(=O)OC(c1ccccc1)c1ccccc1. The molecule has 2 aromatic carbocycles. The number of aliphatic hydroxyl groups excluding tert-OH is 1. The van der Waals surface area contributed by atoms with Crippen molar-refractivity contribution in [3.63, 3.8) is 0 Å². The molecule has 0 aliphatic carbocycles. The fourth-order valence-electron chi connectivity index (χ4n) is 2.50. The molecule has 160 valence electrons. The molecular formula is C21H20Cl3NO5. The van der Waals surface area contributed by atoms with Gasteiger partial charge in [0.15, 0.2) is 12.1 Å². The van der Waals surface area contributed by atoms with Gasteiger partial charge in [0.1, 0.15) is 12.7 Å². The van der Waals surface area contributed by atoms with Crippen molar-refractivity contribution in [1.29, 1.82) is 1.43 Å². The van der Waals surface area contributed by atoms with Crippen LogP contribution in [0.5, 0.6) is 0 Å². The number of carbonyl (C=O) groups excluding carboxylic acids is 2. The van der Waals surface area contributed by atoms with Crippen LogP contribution in [0.3, 0.4) is 0 Å². The Morgan fingerprint density at radius 2 is 1.63 bits per heavy atom. The van der Waals surface area contributed by atoms with Gasteiger partial charge in [-0.05, 0) is 11.1 Å². The lowest BCUT2D eigenvalue weighted by Gasteiger charge is -2.25. The van der Waals surface area contributed by atoms with E-state index in [0.29, 0.717) is 11.1 Å². The van der Waals surface area contributed by atoms with E-state index in [1.165, 1.54) is 6.08 Å². The van der Waals surface area contributed by atoms with Crippen LogP contribution in [0.2, 0.25) is 0 Å². The molecule has 0 aliphatic heterocycles. The van der Waals surface area contributed by atoms with Gasteiger partial charge in [-0.3, -0.25) is 0 Å². The largest absolute Gasteiger partial charge is 0.451 e. The molecule has 2 unspecified atom stereocenters. The summed E-state index contributed by atoms with van der Waals surface area (Å²) in [6.45, 7) is 2.96. The van der Waals surface area contributed by atoms with Crippen LogP contribution in [-0.4, -0.2) is 41.1 Å². The number of hydrogen-bond acceptors (Lipinski definition) is 5. The normalized spacial score (nSPS) is 13.7. The van der Waals surface area contributed by atoms with Gasteiger partial charge in [-0.2, -0.15) is 0 Å². The van der Waals surface area contributed by atoms with E-state index in [9.17, 15) is 9.59 Å². The number of halogens is 3. The van der Waals surface area contributed by atoms with Crippen molar-refractivity contribution in [2.24, 2.45) is 0 Å². The molecule has 0 heterocycles. The molecule has 6 nitrogen and oxygen atoms in total. The molecule has 0 saturated carbocycles. The first-order valence-corrected chi connectivity index (χ1v) is 9.93. The van der Waals surface area contributed by atoms with Crippen molar-refractivity contribution in [2.75, 3.05) is 6.61 Å². The number of benzene rings is 2. The monoisotopic (exact) mass is 472 g/mol. The molecule has 2 aromatic rings. The lowest BCUT2D eigenvalue weighted by molar-refractivity contribution is -0.152. The number of ether oxygens (including phenoxy) is 2. The highest BCUT2D eigenvalue weighted by Gasteiger charge is 2.32. The van der Waals surface area contributed by atoms with E-state index in [1.807, 2.05) is 36.4 Å². The third-order valence-electron chi connectivity index (χ3n) is 3.89. The Hall–Kier alpha value is -2.25. The number of carbonyl (C=O) groups is 2. The van der Waals surface area contributed by atoms with Gasteiger partial charge < -0.3 is 19.9 Å². The molecule has 30 heavy (non-hydrogen) atoms. The highest BCUT2D eigenvalue weighted by Crippen LogP contribution is 2.27. The summed E-state index contributed by atoms with van der Waals surface area (Å²) >= 11 is 16.7. The Bertz CT molecular complexity index is 825. The van der Waals surface area contributed by atoms with Crippen molar-refractivity contribution in [3.8, 4) is 0 Å². The van der Waals surface area contributed by atoms with E-state index in [1.54, 1.807) is 24.3 Å². The third-order valence-corrected chi connectivity index (χ3v) is 4.22. The minimum absolute atomic E-state index is 0.553. The summed E-state index contributed by atoms with van der Waals surface area (Å²) in [4.78, 5) is 25.1. The van der Waals surface area contributed by atoms with Crippen LogP contribution in [0.15, 0.2) is 73.3 Å². The van der Waals surface area contributed by atoms with Gasteiger partial charge in [0.2, 0.25) is 5.22 Å². The Morgan fingerprint density at radius 3 is 2.07 bits per heavy atom. The van der Waals surface area contributed by atoms with Crippen LogP contribution < -0.4 is 5.32 Å². The van der Waals surface area contributed by atoms with Crippen LogP contribution in [0.1, 0.15) is 17.2 Å². The number of amides is 1. The molecule has 2 atom stereocenters. The first kappa shape index (κ1) is 22.4. The summed E-state index contributed by atoms with van der Waals surface area (Å²) in [5, 5.41) is 6.78. The number of hydrogen-bond donors (Lipinski definition) is 2. The lowest BCUT2D eigenvalue weighted by Crippen LogP contribution is -2.49. The van der Waals surface area contributed by atoms with E-state index >= 15 is 0 Å². The minimum Gasteiger partial charge on any atom is -0.451 e. The van der Waals surface area contributed by atoms with Gasteiger partial charge in [0, 0.05) is 0 Å². The fraction of sp³-hybridized carbons (Fsp3) is 0.238. The molecule has 2 N–H and O–H groups in total. The molecule has 0 aromatic heterocycles. The molecule has 1 amide bonds. The minimum atomic E-state index is -1.83. The topological polar surface area (TPSA) is 84.9 Å². The number of alkyl carbamates (subject to hydrolysis) is 1. The number of esters is 1. The highest BCUT2D eigenvalue weighted by atomic mass is 35.6. The van der Waals surface area contributed by atoms with E-state index in [0.717, 1.165) is 0 Å². The maximum absolute atomic E-state index is 13.0. The highest BCUT2D eigenvalue weighted by molar-refractivity contribution is 6.67. The average Bonchev–Trinajstić information content (AvgIpc) is 2.76. The molecule has 0 saturated heterocycles. The Labute approximate surface area is 190 Å². The van der Waals surface area contributed by atoms with Gasteiger partial charge in [-0.25, -0.2) is 9.59 Å². The summed E-state index contributed by atoms with van der Waals surface area (Å²) in [6, 6.07) is 16.7. The smallest absolute Gasteiger partial charge is 0.408 e. The average molecular weight is 474 g/mol. The van der Waals surface area contributed by atoms with E-state index in [2.05, 4.69) is 17.0 Å². The summed E-state index contributed by atoms with van der Waals surface area (Å²) in [7, 11) is 0. The van der Waals surface area contributed by atoms with Crippen LogP contribution >= 0.6 is 34.8 Å². The van der Waals surface area contributed by atoms with Crippen LogP contribution in [0.25, 0.3) is 0 Å². The van der Waals surface area contributed by atoms with Crippen molar-refractivity contribution >= 4 is 46.9 Å². The number of alkyl halides is 3. The van der Waals surface area contributed by atoms with E-state index in [-0.39, 0.29) is 0 Å². The summed E-state index contributed by atoms with van der Waals surface area (Å²) in [6.07, 6.45) is -1.88. The Balaban J connectivity index is 2.25. The summed E-state index contributed by atoms with van der Waals surface area (Å²) in [5.41, 5.74) is 1.42. The summed E-state index contributed by atoms with van der Waals surface area (Å²) in [5.74, 6) is -0.874. The zero-order chi connectivity index (χ0) is 22.9. The zero-order valence-corrected chi connectivity index (χ0v) is 17.9. The van der Waals surface area contributed by atoms with E-state index < -0.39 is 40.7 Å². The maximum atomic E-state index is 13.0. The first-order chi connectivity index (χ1) is 14.7. The molecule has 0 radical (unpaired) electrons. The third kappa shape index (κ3) is 7.54.